The van der Waals surface area contributed by atoms with E-state index in [4.69, 9.17) is 10.1 Å². The van der Waals surface area contributed by atoms with Crippen molar-refractivity contribution in [1.82, 2.24) is 9.78 Å². The molecular weight excluding hydrogens is 210 g/mol. The summed E-state index contributed by atoms with van der Waals surface area (Å²) >= 11 is 1.63. The highest BCUT2D eigenvalue weighted by molar-refractivity contribution is 7.08. The van der Waals surface area contributed by atoms with E-state index in [0.29, 0.717) is 5.69 Å². The second-order valence-electron chi connectivity index (χ2n) is 3.08. The Morgan fingerprint density at radius 2 is 2.40 bits per heavy atom. The Kier molecular flexibility index (Phi) is 2.55. The number of thiophene rings is 1. The number of aryl methyl sites for hydroxylation is 1. The second-order valence-corrected chi connectivity index (χ2v) is 3.86. The third-order valence-corrected chi connectivity index (χ3v) is 2.82. The van der Waals surface area contributed by atoms with Gasteiger partial charge in [0.2, 0.25) is 5.90 Å². The van der Waals surface area contributed by atoms with Crippen molar-refractivity contribution >= 4 is 17.2 Å². The van der Waals surface area contributed by atoms with Crippen molar-refractivity contribution in [2.75, 3.05) is 7.11 Å². The number of nitrogens with one attached hydrogen (secondary N) is 1. The molecule has 2 rings (SSSR count). The number of methoxy groups -OCH3 is 1. The molecule has 0 bridgehead atoms. The predicted molar refractivity (Wildman–Crippen MR) is 60.4 cm³/mol. The van der Waals surface area contributed by atoms with E-state index in [2.05, 4.69) is 5.10 Å². The monoisotopic (exact) mass is 221 g/mol. The first-order chi connectivity index (χ1) is 7.22. The molecule has 0 unspecified atom stereocenters. The summed E-state index contributed by atoms with van der Waals surface area (Å²) in [6.07, 6.45) is 0. The highest BCUT2D eigenvalue weighted by Gasteiger charge is 2.11. The minimum absolute atomic E-state index is 0.131. The maximum absolute atomic E-state index is 7.58. The van der Waals surface area contributed by atoms with Crippen LogP contribution in [-0.2, 0) is 11.8 Å². The highest BCUT2D eigenvalue weighted by atomic mass is 32.1. The van der Waals surface area contributed by atoms with Gasteiger partial charge < -0.3 is 4.74 Å². The van der Waals surface area contributed by atoms with E-state index >= 15 is 0 Å². The minimum atomic E-state index is 0.131. The van der Waals surface area contributed by atoms with Crippen molar-refractivity contribution in [2.45, 2.75) is 0 Å². The lowest BCUT2D eigenvalue weighted by atomic mass is 10.2. The lowest BCUT2D eigenvalue weighted by Gasteiger charge is -2.00. The third-order valence-electron chi connectivity index (χ3n) is 2.13. The van der Waals surface area contributed by atoms with Gasteiger partial charge in [-0.2, -0.15) is 16.4 Å². The molecule has 5 heteroatoms. The molecule has 1 N–H and O–H groups in total. The Hall–Kier alpha value is -1.62. The van der Waals surface area contributed by atoms with Gasteiger partial charge in [-0.3, -0.25) is 10.1 Å². The minimum Gasteiger partial charge on any atom is -0.480 e. The zero-order valence-corrected chi connectivity index (χ0v) is 9.34. The van der Waals surface area contributed by atoms with E-state index in [0.717, 1.165) is 11.3 Å². The second kappa shape index (κ2) is 3.86. The standard InChI is InChI=1S/C10H11N3OS/c1-13-9(10(11)14-2)5-8(12-13)7-3-4-15-6-7/h3-6,11H,1-2H3. The molecule has 78 valence electrons. The van der Waals surface area contributed by atoms with Crippen LogP contribution in [-0.4, -0.2) is 22.8 Å². The zero-order valence-electron chi connectivity index (χ0n) is 8.52. The number of hydrogen-bond acceptors (Lipinski definition) is 4. The van der Waals surface area contributed by atoms with Crippen molar-refractivity contribution < 1.29 is 4.74 Å². The van der Waals surface area contributed by atoms with Crippen molar-refractivity contribution in [3.05, 3.63) is 28.6 Å². The summed E-state index contributed by atoms with van der Waals surface area (Å²) in [6, 6.07) is 3.86. The van der Waals surface area contributed by atoms with Crippen molar-refractivity contribution in [1.29, 1.82) is 5.41 Å². The van der Waals surface area contributed by atoms with Crippen LogP contribution in [0.1, 0.15) is 5.69 Å². The smallest absolute Gasteiger partial charge is 0.231 e. The summed E-state index contributed by atoms with van der Waals surface area (Å²) < 4.78 is 6.52. The first kappa shape index (κ1) is 9.92. The molecule has 0 saturated carbocycles. The third kappa shape index (κ3) is 1.78. The van der Waals surface area contributed by atoms with Crippen LogP contribution in [0.3, 0.4) is 0 Å². The van der Waals surface area contributed by atoms with Gasteiger partial charge in [0.25, 0.3) is 0 Å². The average Bonchev–Trinajstić information content (AvgIpc) is 2.84. The van der Waals surface area contributed by atoms with E-state index < -0.39 is 0 Å². The summed E-state index contributed by atoms with van der Waals surface area (Å²) in [5.41, 5.74) is 2.63. The summed E-state index contributed by atoms with van der Waals surface area (Å²) in [6.45, 7) is 0. The van der Waals surface area contributed by atoms with Gasteiger partial charge in [-0.25, -0.2) is 0 Å². The molecule has 4 nitrogen and oxygen atoms in total. The Morgan fingerprint density at radius 1 is 1.60 bits per heavy atom. The van der Waals surface area contributed by atoms with Gasteiger partial charge in [0, 0.05) is 18.0 Å². The summed E-state index contributed by atoms with van der Waals surface area (Å²) in [5.74, 6) is 0.131. The van der Waals surface area contributed by atoms with Crippen molar-refractivity contribution in [3.8, 4) is 11.3 Å². The van der Waals surface area contributed by atoms with E-state index in [-0.39, 0.29) is 5.90 Å². The molecule has 0 aliphatic heterocycles. The molecule has 0 spiro atoms. The number of hydrogen-bond donors (Lipinski definition) is 1. The van der Waals surface area contributed by atoms with E-state index in [1.165, 1.54) is 7.11 Å². The van der Waals surface area contributed by atoms with Gasteiger partial charge >= 0.3 is 0 Å². The molecule has 0 aromatic carbocycles. The largest absolute Gasteiger partial charge is 0.480 e. The normalized spacial score (nSPS) is 10.3. The Bertz CT molecular complexity index is 473. The fourth-order valence-corrected chi connectivity index (χ4v) is 1.99. The quantitative estimate of drug-likeness (QED) is 0.623. The van der Waals surface area contributed by atoms with Crippen molar-refractivity contribution in [3.63, 3.8) is 0 Å². The van der Waals surface area contributed by atoms with Crippen LogP contribution in [0.15, 0.2) is 22.9 Å². The van der Waals surface area contributed by atoms with Crippen LogP contribution < -0.4 is 0 Å². The molecule has 0 fully saturated rings. The maximum atomic E-state index is 7.58. The van der Waals surface area contributed by atoms with Gasteiger partial charge in [-0.1, -0.05) is 0 Å². The summed E-state index contributed by atoms with van der Waals surface area (Å²) in [4.78, 5) is 0. The van der Waals surface area contributed by atoms with Crippen LogP contribution in [0.2, 0.25) is 0 Å². The summed E-state index contributed by atoms with van der Waals surface area (Å²) in [7, 11) is 3.29. The highest BCUT2D eigenvalue weighted by Crippen LogP contribution is 2.21. The fourth-order valence-electron chi connectivity index (χ4n) is 1.34. The lowest BCUT2D eigenvalue weighted by molar-refractivity contribution is 0.397. The van der Waals surface area contributed by atoms with Gasteiger partial charge in [-0.05, 0) is 17.5 Å². The molecule has 0 aliphatic rings. The Morgan fingerprint density at radius 3 is 3.00 bits per heavy atom. The van der Waals surface area contributed by atoms with Gasteiger partial charge in [0.05, 0.1) is 12.8 Å². The van der Waals surface area contributed by atoms with Crippen LogP contribution in [0.4, 0.5) is 0 Å². The molecule has 0 aliphatic carbocycles. The molecule has 2 heterocycles. The Labute approximate surface area is 91.6 Å². The average molecular weight is 221 g/mol. The number of ether oxygens (including phenoxy) is 1. The zero-order chi connectivity index (χ0) is 10.8. The lowest BCUT2D eigenvalue weighted by Crippen LogP contribution is -2.07. The van der Waals surface area contributed by atoms with Crippen LogP contribution in [0.5, 0.6) is 0 Å². The summed E-state index contributed by atoms with van der Waals surface area (Å²) in [5, 5.41) is 15.9. The number of nitrogens with zero attached hydrogens (tertiary/aromatic N) is 2. The molecule has 0 saturated heterocycles. The van der Waals surface area contributed by atoms with Crippen molar-refractivity contribution in [2.24, 2.45) is 7.05 Å². The first-order valence-electron chi connectivity index (χ1n) is 4.42. The predicted octanol–water partition coefficient (Wildman–Crippen LogP) is 2.12. The molecule has 0 radical (unpaired) electrons. The molecule has 2 aromatic rings. The Balaban J connectivity index is 2.41. The van der Waals surface area contributed by atoms with E-state index in [1.807, 2.05) is 22.9 Å². The van der Waals surface area contributed by atoms with Gasteiger partial charge in [0.15, 0.2) is 0 Å². The number of rotatable bonds is 2. The fraction of sp³-hybridized carbons (Fsp3) is 0.200. The van der Waals surface area contributed by atoms with E-state index in [9.17, 15) is 0 Å². The molecule has 2 aromatic heterocycles. The van der Waals surface area contributed by atoms with Crippen LogP contribution in [0.25, 0.3) is 11.3 Å². The molecule has 15 heavy (non-hydrogen) atoms. The van der Waals surface area contributed by atoms with E-state index in [1.54, 1.807) is 23.1 Å². The van der Waals surface area contributed by atoms with Gasteiger partial charge in [-0.15, -0.1) is 0 Å². The molecule has 0 amide bonds. The molecule has 0 atom stereocenters. The first-order valence-corrected chi connectivity index (χ1v) is 5.36. The number of aromatic nitrogens is 2. The molecular formula is C10H11N3OS. The van der Waals surface area contributed by atoms with Crippen LogP contribution in [0, 0.1) is 5.41 Å². The van der Waals surface area contributed by atoms with Gasteiger partial charge in [0.1, 0.15) is 5.69 Å². The maximum Gasteiger partial charge on any atom is 0.231 e. The SMILES string of the molecule is COC(=N)c1cc(-c2ccsc2)nn1C. The topological polar surface area (TPSA) is 50.9 Å². The van der Waals surface area contributed by atoms with Crippen LogP contribution >= 0.6 is 11.3 Å².